The molecule has 4 nitrogen and oxygen atoms in total. The third kappa shape index (κ3) is 3.63. The van der Waals surface area contributed by atoms with Gasteiger partial charge in [-0.05, 0) is 42.0 Å². The summed E-state index contributed by atoms with van der Waals surface area (Å²) in [5, 5.41) is 18.6. The summed E-state index contributed by atoms with van der Waals surface area (Å²) in [6.07, 6.45) is 0. The van der Waals surface area contributed by atoms with Crippen LogP contribution >= 0.6 is 0 Å². The molecule has 0 aliphatic rings. The molecule has 0 aliphatic carbocycles. The highest BCUT2D eigenvalue weighted by molar-refractivity contribution is 5.32. The first kappa shape index (κ1) is 13.2. The molecular formula is C15H17NO3. The van der Waals surface area contributed by atoms with Crippen LogP contribution in [0.25, 0.3) is 0 Å². The molecule has 4 heteroatoms. The van der Waals surface area contributed by atoms with Gasteiger partial charge in [-0.2, -0.15) is 0 Å². The molecule has 0 heterocycles. The molecule has 19 heavy (non-hydrogen) atoms. The molecule has 0 aromatic heterocycles. The first-order valence-corrected chi connectivity index (χ1v) is 6.10. The second-order valence-electron chi connectivity index (χ2n) is 4.33. The summed E-state index contributed by atoms with van der Waals surface area (Å²) in [5.41, 5.74) is 6.69. The molecule has 2 aromatic carbocycles. The summed E-state index contributed by atoms with van der Waals surface area (Å²) in [5.74, 6) is 1.12. The molecule has 4 N–H and O–H groups in total. The summed E-state index contributed by atoms with van der Waals surface area (Å²) in [6.45, 7) is 0.853. The van der Waals surface area contributed by atoms with Gasteiger partial charge in [0.05, 0.1) is 6.61 Å². The topological polar surface area (TPSA) is 75.7 Å². The van der Waals surface area contributed by atoms with Gasteiger partial charge in [0, 0.05) is 12.5 Å². The van der Waals surface area contributed by atoms with Crippen LogP contribution in [0.3, 0.4) is 0 Å². The maximum Gasteiger partial charge on any atom is 0.119 e. The molecule has 0 fully saturated rings. The maximum absolute atomic E-state index is 9.46. The molecule has 0 saturated heterocycles. The van der Waals surface area contributed by atoms with Crippen molar-refractivity contribution in [3.8, 4) is 17.2 Å². The standard InChI is InChI=1S/C15H17NO3/c16-9-12(11-2-1-3-14(18)8-11)10-19-15-6-4-13(17)5-7-15/h1-8,12,17-18H,9-10,16H2. The highest BCUT2D eigenvalue weighted by Crippen LogP contribution is 2.22. The van der Waals surface area contributed by atoms with E-state index in [1.165, 1.54) is 0 Å². The minimum Gasteiger partial charge on any atom is -0.508 e. The molecule has 0 saturated carbocycles. The fourth-order valence-electron chi connectivity index (χ4n) is 1.82. The zero-order valence-electron chi connectivity index (χ0n) is 10.5. The second kappa shape index (κ2) is 6.11. The third-order valence-corrected chi connectivity index (χ3v) is 2.91. The molecule has 0 bridgehead atoms. The molecule has 1 atom stereocenters. The highest BCUT2D eigenvalue weighted by atomic mass is 16.5. The Morgan fingerprint density at radius 2 is 1.74 bits per heavy atom. The van der Waals surface area contributed by atoms with Gasteiger partial charge in [0.2, 0.25) is 0 Å². The summed E-state index contributed by atoms with van der Waals surface area (Å²) < 4.78 is 5.64. The third-order valence-electron chi connectivity index (χ3n) is 2.91. The van der Waals surface area contributed by atoms with Crippen LogP contribution < -0.4 is 10.5 Å². The first-order valence-electron chi connectivity index (χ1n) is 6.10. The van der Waals surface area contributed by atoms with Crippen LogP contribution in [0.5, 0.6) is 17.2 Å². The summed E-state index contributed by atoms with van der Waals surface area (Å²) >= 11 is 0. The molecule has 0 amide bonds. The van der Waals surface area contributed by atoms with Crippen molar-refractivity contribution in [1.29, 1.82) is 0 Å². The Hall–Kier alpha value is -2.20. The van der Waals surface area contributed by atoms with E-state index in [1.54, 1.807) is 42.5 Å². The summed E-state index contributed by atoms with van der Waals surface area (Å²) in [7, 11) is 0. The minimum absolute atomic E-state index is 0.0147. The van der Waals surface area contributed by atoms with E-state index in [9.17, 15) is 10.2 Å². The predicted octanol–water partition coefficient (Wildman–Crippen LogP) is 2.22. The number of aromatic hydroxyl groups is 2. The van der Waals surface area contributed by atoms with Crippen LogP contribution in [0.1, 0.15) is 11.5 Å². The lowest BCUT2D eigenvalue weighted by Gasteiger charge is -2.16. The van der Waals surface area contributed by atoms with Crippen molar-refractivity contribution in [3.63, 3.8) is 0 Å². The van der Waals surface area contributed by atoms with E-state index in [-0.39, 0.29) is 17.4 Å². The Kier molecular flexibility index (Phi) is 4.26. The summed E-state index contributed by atoms with van der Waals surface area (Å²) in [6, 6.07) is 13.6. The first-order chi connectivity index (χ1) is 9.19. The van der Waals surface area contributed by atoms with Gasteiger partial charge in [-0.3, -0.25) is 0 Å². The van der Waals surface area contributed by atoms with E-state index >= 15 is 0 Å². The molecule has 0 spiro atoms. The SMILES string of the molecule is NCC(COc1ccc(O)cc1)c1cccc(O)c1. The van der Waals surface area contributed by atoms with Gasteiger partial charge in [0.25, 0.3) is 0 Å². The van der Waals surface area contributed by atoms with Gasteiger partial charge in [0.1, 0.15) is 17.2 Å². The normalized spacial score (nSPS) is 12.1. The van der Waals surface area contributed by atoms with Gasteiger partial charge in [-0.15, -0.1) is 0 Å². The number of phenolic OH excluding ortho intramolecular Hbond substituents is 2. The van der Waals surface area contributed by atoms with Crippen LogP contribution in [0.4, 0.5) is 0 Å². The van der Waals surface area contributed by atoms with Gasteiger partial charge in [0.15, 0.2) is 0 Å². The number of rotatable bonds is 5. The van der Waals surface area contributed by atoms with Gasteiger partial charge < -0.3 is 20.7 Å². The van der Waals surface area contributed by atoms with Crippen LogP contribution in [-0.2, 0) is 0 Å². The van der Waals surface area contributed by atoms with Crippen LogP contribution in [0.15, 0.2) is 48.5 Å². The van der Waals surface area contributed by atoms with E-state index in [0.29, 0.717) is 18.9 Å². The molecule has 2 rings (SSSR count). The highest BCUT2D eigenvalue weighted by Gasteiger charge is 2.11. The average molecular weight is 259 g/mol. The molecule has 1 unspecified atom stereocenters. The largest absolute Gasteiger partial charge is 0.508 e. The number of ether oxygens (including phenoxy) is 1. The van der Waals surface area contributed by atoms with E-state index in [2.05, 4.69) is 0 Å². The van der Waals surface area contributed by atoms with E-state index in [1.807, 2.05) is 6.07 Å². The lowest BCUT2D eigenvalue weighted by Crippen LogP contribution is -2.19. The fraction of sp³-hybridized carbons (Fsp3) is 0.200. The van der Waals surface area contributed by atoms with E-state index in [0.717, 1.165) is 5.56 Å². The van der Waals surface area contributed by atoms with Crippen LogP contribution in [0, 0.1) is 0 Å². The second-order valence-corrected chi connectivity index (χ2v) is 4.33. The Morgan fingerprint density at radius 1 is 1.00 bits per heavy atom. The average Bonchev–Trinajstić information content (AvgIpc) is 2.42. The molecular weight excluding hydrogens is 242 g/mol. The molecule has 2 aromatic rings. The molecule has 0 radical (unpaired) electrons. The van der Waals surface area contributed by atoms with Crippen molar-refractivity contribution in [2.24, 2.45) is 5.73 Å². The van der Waals surface area contributed by atoms with E-state index in [4.69, 9.17) is 10.5 Å². The predicted molar refractivity (Wildman–Crippen MR) is 73.5 cm³/mol. The van der Waals surface area contributed by atoms with Crippen molar-refractivity contribution in [1.82, 2.24) is 0 Å². The Bertz CT molecular complexity index is 525. The van der Waals surface area contributed by atoms with E-state index < -0.39 is 0 Å². The van der Waals surface area contributed by atoms with Crippen molar-refractivity contribution < 1.29 is 14.9 Å². The number of hydrogen-bond acceptors (Lipinski definition) is 4. The van der Waals surface area contributed by atoms with Crippen molar-refractivity contribution in [2.75, 3.05) is 13.2 Å². The number of nitrogens with two attached hydrogens (primary N) is 1. The van der Waals surface area contributed by atoms with Crippen molar-refractivity contribution in [3.05, 3.63) is 54.1 Å². The lowest BCUT2D eigenvalue weighted by molar-refractivity contribution is 0.289. The van der Waals surface area contributed by atoms with Crippen LogP contribution in [-0.4, -0.2) is 23.4 Å². The summed E-state index contributed by atoms with van der Waals surface area (Å²) in [4.78, 5) is 0. The molecule has 100 valence electrons. The van der Waals surface area contributed by atoms with Gasteiger partial charge in [-0.25, -0.2) is 0 Å². The lowest BCUT2D eigenvalue weighted by atomic mass is 10.00. The Balaban J connectivity index is 2.01. The minimum atomic E-state index is 0.0147. The monoisotopic (exact) mass is 259 g/mol. The van der Waals surface area contributed by atoms with Crippen LogP contribution in [0.2, 0.25) is 0 Å². The number of phenols is 2. The van der Waals surface area contributed by atoms with Gasteiger partial charge in [-0.1, -0.05) is 12.1 Å². The fourth-order valence-corrected chi connectivity index (χ4v) is 1.82. The zero-order chi connectivity index (χ0) is 13.7. The number of hydrogen-bond donors (Lipinski definition) is 3. The van der Waals surface area contributed by atoms with Gasteiger partial charge >= 0.3 is 0 Å². The smallest absolute Gasteiger partial charge is 0.119 e. The quantitative estimate of drug-likeness (QED) is 0.769. The zero-order valence-corrected chi connectivity index (χ0v) is 10.5. The Morgan fingerprint density at radius 3 is 2.37 bits per heavy atom. The Labute approximate surface area is 112 Å². The molecule has 0 aliphatic heterocycles. The number of benzene rings is 2. The van der Waals surface area contributed by atoms with Crippen molar-refractivity contribution >= 4 is 0 Å². The maximum atomic E-state index is 9.46. The van der Waals surface area contributed by atoms with Crippen molar-refractivity contribution in [2.45, 2.75) is 5.92 Å².